The lowest BCUT2D eigenvalue weighted by atomic mass is 10.1. The SMILES string of the molecule is CC(=O)CC[C@H](NC(=O)[C@@H]1CCOC1)C(=O)O. The van der Waals surface area contributed by atoms with Gasteiger partial charge in [0.1, 0.15) is 11.8 Å². The van der Waals surface area contributed by atoms with Crippen LogP contribution in [0.4, 0.5) is 0 Å². The summed E-state index contributed by atoms with van der Waals surface area (Å²) in [4.78, 5) is 33.4. The molecule has 0 aromatic rings. The fourth-order valence-electron chi connectivity index (χ4n) is 1.64. The van der Waals surface area contributed by atoms with Gasteiger partial charge in [-0.15, -0.1) is 0 Å². The first-order valence-electron chi connectivity index (χ1n) is 5.61. The zero-order valence-electron chi connectivity index (χ0n) is 9.77. The Morgan fingerprint density at radius 3 is 2.65 bits per heavy atom. The monoisotopic (exact) mass is 243 g/mol. The standard InChI is InChI=1S/C11H17NO5/c1-7(13)2-3-9(11(15)16)12-10(14)8-4-5-17-6-8/h8-9H,2-6H2,1H3,(H,12,14)(H,15,16)/t8-,9+/m1/s1. The quantitative estimate of drug-likeness (QED) is 0.683. The van der Waals surface area contributed by atoms with Crippen molar-refractivity contribution >= 4 is 17.7 Å². The van der Waals surface area contributed by atoms with Gasteiger partial charge in [-0.2, -0.15) is 0 Å². The van der Waals surface area contributed by atoms with Crippen molar-refractivity contribution < 1.29 is 24.2 Å². The van der Waals surface area contributed by atoms with Crippen molar-refractivity contribution in [2.45, 2.75) is 32.2 Å². The lowest BCUT2D eigenvalue weighted by molar-refractivity contribution is -0.142. The molecule has 1 saturated heterocycles. The summed E-state index contributed by atoms with van der Waals surface area (Å²) in [5.41, 5.74) is 0. The highest BCUT2D eigenvalue weighted by Gasteiger charge is 2.27. The molecule has 1 aliphatic heterocycles. The molecule has 0 radical (unpaired) electrons. The molecule has 0 spiro atoms. The number of carbonyl (C=O) groups excluding carboxylic acids is 2. The second kappa shape index (κ2) is 6.34. The third-order valence-corrected chi connectivity index (χ3v) is 2.70. The van der Waals surface area contributed by atoms with Crippen molar-refractivity contribution in [1.82, 2.24) is 5.32 Å². The fraction of sp³-hybridized carbons (Fsp3) is 0.727. The van der Waals surface area contributed by atoms with Crippen molar-refractivity contribution in [3.63, 3.8) is 0 Å². The van der Waals surface area contributed by atoms with Crippen LogP contribution in [0, 0.1) is 5.92 Å². The van der Waals surface area contributed by atoms with E-state index < -0.39 is 12.0 Å². The molecule has 0 unspecified atom stereocenters. The average molecular weight is 243 g/mol. The van der Waals surface area contributed by atoms with Crippen LogP contribution in [-0.4, -0.2) is 42.0 Å². The number of nitrogens with one attached hydrogen (secondary N) is 1. The minimum Gasteiger partial charge on any atom is -0.480 e. The van der Waals surface area contributed by atoms with E-state index >= 15 is 0 Å². The molecule has 96 valence electrons. The summed E-state index contributed by atoms with van der Waals surface area (Å²) in [6.07, 6.45) is 0.896. The molecule has 0 aromatic carbocycles. The molecule has 2 atom stereocenters. The normalized spacial score (nSPS) is 20.9. The number of hydrogen-bond donors (Lipinski definition) is 2. The number of carboxylic acids is 1. The van der Waals surface area contributed by atoms with E-state index in [9.17, 15) is 14.4 Å². The topological polar surface area (TPSA) is 92.7 Å². The molecule has 6 heteroatoms. The maximum Gasteiger partial charge on any atom is 0.326 e. The van der Waals surface area contributed by atoms with Crippen LogP contribution in [0.15, 0.2) is 0 Å². The van der Waals surface area contributed by atoms with Crippen molar-refractivity contribution in [1.29, 1.82) is 0 Å². The maximum atomic E-state index is 11.7. The second-order valence-corrected chi connectivity index (χ2v) is 4.20. The lowest BCUT2D eigenvalue weighted by Gasteiger charge is -2.16. The third kappa shape index (κ3) is 4.52. The van der Waals surface area contributed by atoms with E-state index in [4.69, 9.17) is 9.84 Å². The minimum absolute atomic E-state index is 0.0882. The van der Waals surface area contributed by atoms with Crippen molar-refractivity contribution in [2.75, 3.05) is 13.2 Å². The average Bonchev–Trinajstić information content (AvgIpc) is 2.76. The van der Waals surface area contributed by atoms with Gasteiger partial charge in [-0.1, -0.05) is 0 Å². The van der Waals surface area contributed by atoms with E-state index in [0.717, 1.165) is 0 Å². The number of aliphatic carboxylic acids is 1. The number of ketones is 1. The molecule has 0 saturated carbocycles. The highest BCUT2D eigenvalue weighted by Crippen LogP contribution is 2.13. The summed E-state index contributed by atoms with van der Waals surface area (Å²) in [7, 11) is 0. The number of Topliss-reactive ketones (excluding diaryl/α,β-unsaturated/α-hetero) is 1. The predicted octanol–water partition coefficient (Wildman–Crippen LogP) is -0.0385. The van der Waals surface area contributed by atoms with Gasteiger partial charge in [0, 0.05) is 13.0 Å². The Hall–Kier alpha value is -1.43. The van der Waals surface area contributed by atoms with E-state index in [1.165, 1.54) is 6.92 Å². The largest absolute Gasteiger partial charge is 0.480 e. The molecule has 17 heavy (non-hydrogen) atoms. The van der Waals surface area contributed by atoms with Gasteiger partial charge in [-0.25, -0.2) is 4.79 Å². The summed E-state index contributed by atoms with van der Waals surface area (Å²) < 4.78 is 5.06. The zero-order valence-corrected chi connectivity index (χ0v) is 9.77. The highest BCUT2D eigenvalue weighted by molar-refractivity contribution is 5.85. The van der Waals surface area contributed by atoms with Crippen LogP contribution in [0.5, 0.6) is 0 Å². The van der Waals surface area contributed by atoms with E-state index in [-0.39, 0.29) is 30.4 Å². The fourth-order valence-corrected chi connectivity index (χ4v) is 1.64. The number of carbonyl (C=O) groups is 3. The molecule has 2 N–H and O–H groups in total. The molecule has 0 bridgehead atoms. The number of carboxylic acid groups (broad SMARTS) is 1. The van der Waals surface area contributed by atoms with Crippen molar-refractivity contribution in [3.05, 3.63) is 0 Å². The first-order chi connectivity index (χ1) is 8.00. The Bertz CT molecular complexity index is 309. The summed E-state index contributed by atoms with van der Waals surface area (Å²) >= 11 is 0. The Kier molecular flexibility index (Phi) is 5.09. The molecule has 0 aliphatic carbocycles. The van der Waals surface area contributed by atoms with Crippen LogP contribution in [0.2, 0.25) is 0 Å². The number of rotatable bonds is 6. The summed E-state index contributed by atoms with van der Waals surface area (Å²) in [5, 5.41) is 11.4. The van der Waals surface area contributed by atoms with Gasteiger partial charge in [-0.3, -0.25) is 4.79 Å². The maximum absolute atomic E-state index is 11.7. The van der Waals surface area contributed by atoms with Gasteiger partial charge < -0.3 is 20.0 Å². The first-order valence-corrected chi connectivity index (χ1v) is 5.61. The zero-order chi connectivity index (χ0) is 12.8. The Morgan fingerprint density at radius 2 is 2.18 bits per heavy atom. The molecule has 1 amide bonds. The smallest absolute Gasteiger partial charge is 0.326 e. The van der Waals surface area contributed by atoms with Crippen LogP contribution in [-0.2, 0) is 19.1 Å². The molecular formula is C11H17NO5. The number of amides is 1. The summed E-state index contributed by atoms with van der Waals surface area (Å²) in [6, 6.07) is -0.994. The molecule has 1 fully saturated rings. The van der Waals surface area contributed by atoms with Crippen molar-refractivity contribution in [2.24, 2.45) is 5.92 Å². The van der Waals surface area contributed by atoms with Crippen LogP contribution in [0.25, 0.3) is 0 Å². The Morgan fingerprint density at radius 1 is 1.47 bits per heavy atom. The van der Waals surface area contributed by atoms with Gasteiger partial charge in [0.15, 0.2) is 0 Å². The summed E-state index contributed by atoms with van der Waals surface area (Å²) in [5.74, 6) is -1.78. The van der Waals surface area contributed by atoms with Crippen LogP contribution in [0.3, 0.4) is 0 Å². The number of ether oxygens (including phenoxy) is 1. The van der Waals surface area contributed by atoms with Crippen LogP contribution < -0.4 is 5.32 Å². The molecule has 0 aromatic heterocycles. The predicted molar refractivity (Wildman–Crippen MR) is 58.4 cm³/mol. The Labute approximate surface area is 99.3 Å². The lowest BCUT2D eigenvalue weighted by Crippen LogP contribution is -2.44. The minimum atomic E-state index is -1.11. The van der Waals surface area contributed by atoms with Gasteiger partial charge >= 0.3 is 5.97 Å². The molecule has 1 aliphatic rings. The van der Waals surface area contributed by atoms with Crippen molar-refractivity contribution in [3.8, 4) is 0 Å². The van der Waals surface area contributed by atoms with E-state index in [2.05, 4.69) is 5.32 Å². The second-order valence-electron chi connectivity index (χ2n) is 4.20. The molecular weight excluding hydrogens is 226 g/mol. The molecule has 1 rings (SSSR count). The van der Waals surface area contributed by atoms with Gasteiger partial charge in [0.05, 0.1) is 12.5 Å². The molecule has 1 heterocycles. The van der Waals surface area contributed by atoms with Crippen LogP contribution in [0.1, 0.15) is 26.2 Å². The highest BCUT2D eigenvalue weighted by atomic mass is 16.5. The van der Waals surface area contributed by atoms with E-state index in [0.29, 0.717) is 19.6 Å². The Balaban J connectivity index is 2.44. The first kappa shape index (κ1) is 13.6. The van der Waals surface area contributed by atoms with Gasteiger partial charge in [0.2, 0.25) is 5.91 Å². The van der Waals surface area contributed by atoms with Gasteiger partial charge in [-0.05, 0) is 19.8 Å². The van der Waals surface area contributed by atoms with E-state index in [1.807, 2.05) is 0 Å². The van der Waals surface area contributed by atoms with E-state index in [1.54, 1.807) is 0 Å². The summed E-state index contributed by atoms with van der Waals surface area (Å²) in [6.45, 7) is 2.26. The third-order valence-electron chi connectivity index (χ3n) is 2.70. The van der Waals surface area contributed by atoms with Gasteiger partial charge in [0.25, 0.3) is 0 Å². The van der Waals surface area contributed by atoms with Crippen LogP contribution >= 0.6 is 0 Å². The molecule has 6 nitrogen and oxygen atoms in total. The number of hydrogen-bond acceptors (Lipinski definition) is 4.